The van der Waals surface area contributed by atoms with Gasteiger partial charge in [0.25, 0.3) is 5.91 Å². The van der Waals surface area contributed by atoms with E-state index in [-0.39, 0.29) is 11.1 Å². The summed E-state index contributed by atoms with van der Waals surface area (Å²) in [5, 5.41) is 13.3. The van der Waals surface area contributed by atoms with Gasteiger partial charge in [-0.3, -0.25) is 4.79 Å². The van der Waals surface area contributed by atoms with Gasteiger partial charge in [0, 0.05) is 10.6 Å². The Morgan fingerprint density at radius 3 is 2.73 bits per heavy atom. The first-order valence-corrected chi connectivity index (χ1v) is 10.1. The number of nitrogens with one attached hydrogen (secondary N) is 1. The van der Waals surface area contributed by atoms with Crippen LogP contribution in [0.25, 0.3) is 0 Å². The molecule has 0 bridgehead atoms. The largest absolute Gasteiger partial charge is 0.488 e. The number of halogens is 3. The third kappa shape index (κ3) is 5.55. The minimum Gasteiger partial charge on any atom is -0.488 e. The SMILES string of the molecule is N#Cc1ccc(C(=O)N/N=C\c2ccc(OCc3ccccc3Cl)c(I)c2)c(F)c1. The number of carbonyl (C=O) groups excluding carboxylic acids is 1. The van der Waals surface area contributed by atoms with Gasteiger partial charge in [0.1, 0.15) is 18.2 Å². The molecule has 8 heteroatoms. The van der Waals surface area contributed by atoms with Crippen LogP contribution in [-0.4, -0.2) is 12.1 Å². The molecule has 0 saturated heterocycles. The van der Waals surface area contributed by atoms with Gasteiger partial charge in [-0.1, -0.05) is 29.8 Å². The zero-order valence-electron chi connectivity index (χ0n) is 15.4. The molecule has 0 radical (unpaired) electrons. The molecular weight excluding hydrogens is 520 g/mol. The molecule has 0 saturated carbocycles. The van der Waals surface area contributed by atoms with Gasteiger partial charge in [-0.15, -0.1) is 0 Å². The van der Waals surface area contributed by atoms with Crippen molar-refractivity contribution in [2.24, 2.45) is 5.10 Å². The fourth-order valence-corrected chi connectivity index (χ4v) is 3.37. The summed E-state index contributed by atoms with van der Waals surface area (Å²) < 4.78 is 20.5. The maximum absolute atomic E-state index is 13.9. The van der Waals surface area contributed by atoms with Crippen molar-refractivity contribution >= 4 is 46.3 Å². The average molecular weight is 534 g/mol. The van der Waals surface area contributed by atoms with Gasteiger partial charge >= 0.3 is 0 Å². The number of carbonyl (C=O) groups is 1. The van der Waals surface area contributed by atoms with Crippen LogP contribution in [0.3, 0.4) is 0 Å². The van der Waals surface area contributed by atoms with Gasteiger partial charge in [-0.2, -0.15) is 10.4 Å². The van der Waals surface area contributed by atoms with E-state index in [0.29, 0.717) is 17.4 Å². The van der Waals surface area contributed by atoms with Crippen LogP contribution in [0.4, 0.5) is 4.39 Å². The molecule has 0 spiro atoms. The molecule has 150 valence electrons. The lowest BCUT2D eigenvalue weighted by Gasteiger charge is -2.10. The van der Waals surface area contributed by atoms with E-state index >= 15 is 0 Å². The van der Waals surface area contributed by atoms with Crippen LogP contribution in [0.1, 0.15) is 27.0 Å². The summed E-state index contributed by atoms with van der Waals surface area (Å²) in [6.45, 7) is 0.343. The first-order valence-electron chi connectivity index (χ1n) is 8.66. The lowest BCUT2D eigenvalue weighted by atomic mass is 10.1. The molecule has 3 rings (SSSR count). The predicted molar refractivity (Wildman–Crippen MR) is 121 cm³/mol. The van der Waals surface area contributed by atoms with Gasteiger partial charge in [-0.05, 0) is 70.6 Å². The summed E-state index contributed by atoms with van der Waals surface area (Å²) in [7, 11) is 0. The predicted octanol–water partition coefficient (Wildman–Crippen LogP) is 5.30. The van der Waals surface area contributed by atoms with E-state index < -0.39 is 11.7 Å². The first-order chi connectivity index (χ1) is 14.5. The minimum absolute atomic E-state index is 0.138. The van der Waals surface area contributed by atoms with E-state index in [4.69, 9.17) is 21.6 Å². The van der Waals surface area contributed by atoms with Crippen molar-refractivity contribution in [1.82, 2.24) is 5.43 Å². The lowest BCUT2D eigenvalue weighted by Crippen LogP contribution is -2.19. The zero-order chi connectivity index (χ0) is 21.5. The van der Waals surface area contributed by atoms with E-state index in [2.05, 4.69) is 33.1 Å². The lowest BCUT2D eigenvalue weighted by molar-refractivity contribution is 0.0951. The zero-order valence-corrected chi connectivity index (χ0v) is 18.3. The Bertz CT molecular complexity index is 1160. The molecule has 1 N–H and O–H groups in total. The van der Waals surface area contributed by atoms with Crippen molar-refractivity contribution in [2.45, 2.75) is 6.61 Å². The van der Waals surface area contributed by atoms with Gasteiger partial charge in [-0.25, -0.2) is 9.82 Å². The quantitative estimate of drug-likeness (QED) is 0.266. The van der Waals surface area contributed by atoms with E-state index in [0.717, 1.165) is 20.8 Å². The van der Waals surface area contributed by atoms with Crippen molar-refractivity contribution < 1.29 is 13.9 Å². The number of amides is 1. The van der Waals surface area contributed by atoms with Crippen molar-refractivity contribution in [1.29, 1.82) is 5.26 Å². The number of hydrogen-bond acceptors (Lipinski definition) is 4. The number of benzene rings is 3. The van der Waals surface area contributed by atoms with Gasteiger partial charge < -0.3 is 4.74 Å². The van der Waals surface area contributed by atoms with E-state index in [1.54, 1.807) is 12.1 Å². The summed E-state index contributed by atoms with van der Waals surface area (Å²) in [6, 6.07) is 18.3. The summed E-state index contributed by atoms with van der Waals surface area (Å²) in [5.74, 6) is -0.796. The fraction of sp³-hybridized carbons (Fsp3) is 0.0455. The maximum Gasteiger partial charge on any atom is 0.274 e. The standard InChI is InChI=1S/C22H14ClFIN3O2/c23-18-4-2-1-3-16(18)13-30-21-8-6-15(10-20(21)25)12-27-28-22(29)17-7-5-14(11-26)9-19(17)24/h1-10,12H,13H2,(H,28,29)/b27-12-. The molecule has 0 aromatic heterocycles. The van der Waals surface area contributed by atoms with Crippen molar-refractivity contribution in [3.8, 4) is 11.8 Å². The highest BCUT2D eigenvalue weighted by Crippen LogP contribution is 2.24. The summed E-state index contributed by atoms with van der Waals surface area (Å²) in [4.78, 5) is 12.0. The van der Waals surface area contributed by atoms with Crippen LogP contribution in [0.15, 0.2) is 65.8 Å². The molecule has 0 unspecified atom stereocenters. The number of nitriles is 1. The molecule has 0 atom stereocenters. The fourth-order valence-electron chi connectivity index (χ4n) is 2.48. The summed E-state index contributed by atoms with van der Waals surface area (Å²) in [6.07, 6.45) is 1.44. The Morgan fingerprint density at radius 1 is 1.23 bits per heavy atom. The highest BCUT2D eigenvalue weighted by molar-refractivity contribution is 14.1. The Labute approximate surface area is 191 Å². The normalized spacial score (nSPS) is 10.6. The highest BCUT2D eigenvalue weighted by atomic mass is 127. The van der Waals surface area contributed by atoms with Crippen molar-refractivity contribution in [3.63, 3.8) is 0 Å². The third-order valence-corrected chi connectivity index (χ3v) is 5.23. The molecule has 3 aromatic rings. The molecule has 0 heterocycles. The molecule has 0 aliphatic carbocycles. The third-order valence-electron chi connectivity index (χ3n) is 4.02. The Hall–Kier alpha value is -2.96. The molecule has 1 amide bonds. The second-order valence-electron chi connectivity index (χ2n) is 6.08. The van der Waals surface area contributed by atoms with Gasteiger partial charge in [0.05, 0.1) is 27.0 Å². The second-order valence-corrected chi connectivity index (χ2v) is 7.64. The number of rotatable bonds is 6. The Morgan fingerprint density at radius 2 is 2.03 bits per heavy atom. The van der Waals surface area contributed by atoms with Crippen LogP contribution in [-0.2, 0) is 6.61 Å². The number of nitrogens with zero attached hydrogens (tertiary/aromatic N) is 2. The number of hydrazone groups is 1. The molecule has 0 aliphatic heterocycles. The summed E-state index contributed by atoms with van der Waals surface area (Å²) in [5.41, 5.74) is 3.83. The number of hydrogen-bond donors (Lipinski definition) is 1. The van der Waals surface area contributed by atoms with Crippen LogP contribution >= 0.6 is 34.2 Å². The smallest absolute Gasteiger partial charge is 0.274 e. The second kappa shape index (κ2) is 10.2. The van der Waals surface area contributed by atoms with E-state index in [1.807, 2.05) is 36.4 Å². The number of ether oxygens (including phenoxy) is 1. The first kappa shape index (κ1) is 21.7. The minimum atomic E-state index is -0.781. The summed E-state index contributed by atoms with van der Waals surface area (Å²) >= 11 is 8.28. The van der Waals surface area contributed by atoms with Crippen molar-refractivity contribution in [3.05, 3.63) is 97.3 Å². The molecule has 3 aromatic carbocycles. The van der Waals surface area contributed by atoms with Gasteiger partial charge in [0.15, 0.2) is 0 Å². The average Bonchev–Trinajstić information content (AvgIpc) is 2.74. The Balaban J connectivity index is 1.61. The van der Waals surface area contributed by atoms with Crippen LogP contribution < -0.4 is 10.2 Å². The van der Waals surface area contributed by atoms with Crippen LogP contribution in [0.2, 0.25) is 5.02 Å². The molecular formula is C22H14ClFIN3O2. The molecule has 0 aliphatic rings. The molecule has 30 heavy (non-hydrogen) atoms. The highest BCUT2D eigenvalue weighted by Gasteiger charge is 2.11. The van der Waals surface area contributed by atoms with Crippen LogP contribution in [0, 0.1) is 20.7 Å². The topological polar surface area (TPSA) is 74.5 Å². The molecule has 0 fully saturated rings. The maximum atomic E-state index is 13.9. The van der Waals surface area contributed by atoms with Crippen LogP contribution in [0.5, 0.6) is 5.75 Å². The van der Waals surface area contributed by atoms with E-state index in [9.17, 15) is 9.18 Å². The Kier molecular flexibility index (Phi) is 7.38. The van der Waals surface area contributed by atoms with E-state index in [1.165, 1.54) is 18.3 Å². The van der Waals surface area contributed by atoms with Gasteiger partial charge in [0.2, 0.25) is 0 Å². The monoisotopic (exact) mass is 533 g/mol. The van der Waals surface area contributed by atoms with Crippen molar-refractivity contribution in [2.75, 3.05) is 0 Å². The molecule has 5 nitrogen and oxygen atoms in total.